The highest BCUT2D eigenvalue weighted by Gasteiger charge is 2.17. The molecule has 1 aromatic rings. The Morgan fingerprint density at radius 2 is 2.15 bits per heavy atom. The van der Waals surface area contributed by atoms with E-state index >= 15 is 0 Å². The van der Waals surface area contributed by atoms with Gasteiger partial charge in [-0.2, -0.15) is 0 Å². The van der Waals surface area contributed by atoms with Crippen molar-refractivity contribution < 1.29 is 24.1 Å². The van der Waals surface area contributed by atoms with E-state index in [4.69, 9.17) is 19.3 Å². The Labute approximate surface area is 117 Å². The molecule has 0 amide bonds. The van der Waals surface area contributed by atoms with Gasteiger partial charge in [-0.15, -0.1) is 6.58 Å². The molecule has 2 rings (SSSR count). The predicted octanol–water partition coefficient (Wildman–Crippen LogP) is 2.86. The minimum atomic E-state index is -1.02. The van der Waals surface area contributed by atoms with Crippen LogP contribution in [-0.2, 0) is 4.79 Å². The number of fused-ring (bicyclic) bond motifs is 1. The Kier molecular flexibility index (Phi) is 4.30. The van der Waals surface area contributed by atoms with Gasteiger partial charge in [0.15, 0.2) is 11.5 Å². The Morgan fingerprint density at radius 1 is 1.45 bits per heavy atom. The molecule has 5 heteroatoms. The summed E-state index contributed by atoms with van der Waals surface area (Å²) in [5.41, 5.74) is 1.66. The van der Waals surface area contributed by atoms with Crippen molar-refractivity contribution in [3.05, 3.63) is 35.9 Å². The van der Waals surface area contributed by atoms with Gasteiger partial charge in [-0.25, -0.2) is 4.79 Å². The SMILES string of the molecule is C=C(C)CCOc1cc2c(cc1/C=C/C(=O)O)OCO2. The van der Waals surface area contributed by atoms with E-state index < -0.39 is 5.97 Å². The van der Waals surface area contributed by atoms with Gasteiger partial charge in [-0.3, -0.25) is 0 Å². The van der Waals surface area contributed by atoms with Crippen LogP contribution in [0.15, 0.2) is 30.4 Å². The summed E-state index contributed by atoms with van der Waals surface area (Å²) in [5, 5.41) is 8.71. The molecule has 0 bridgehead atoms. The van der Waals surface area contributed by atoms with E-state index in [2.05, 4.69) is 6.58 Å². The van der Waals surface area contributed by atoms with Gasteiger partial charge in [0.1, 0.15) is 5.75 Å². The summed E-state index contributed by atoms with van der Waals surface area (Å²) in [6.45, 7) is 6.37. The van der Waals surface area contributed by atoms with Crippen LogP contribution in [0.4, 0.5) is 0 Å². The normalized spacial score (nSPS) is 12.7. The van der Waals surface area contributed by atoms with Gasteiger partial charge in [0.25, 0.3) is 0 Å². The fourth-order valence-corrected chi connectivity index (χ4v) is 1.69. The van der Waals surface area contributed by atoms with Gasteiger partial charge in [0, 0.05) is 24.1 Å². The fraction of sp³-hybridized carbons (Fsp3) is 0.267. The first kappa shape index (κ1) is 14.0. The summed E-state index contributed by atoms with van der Waals surface area (Å²) in [4.78, 5) is 10.6. The molecule has 106 valence electrons. The minimum Gasteiger partial charge on any atom is -0.492 e. The maximum absolute atomic E-state index is 10.6. The zero-order valence-electron chi connectivity index (χ0n) is 11.2. The number of aliphatic carboxylic acids is 1. The number of ether oxygens (including phenoxy) is 3. The molecule has 0 aromatic heterocycles. The van der Waals surface area contributed by atoms with Gasteiger partial charge >= 0.3 is 5.97 Å². The molecule has 5 nitrogen and oxygen atoms in total. The molecule has 1 aliphatic rings. The molecule has 20 heavy (non-hydrogen) atoms. The van der Waals surface area contributed by atoms with Gasteiger partial charge < -0.3 is 19.3 Å². The third kappa shape index (κ3) is 3.54. The Morgan fingerprint density at radius 3 is 2.80 bits per heavy atom. The zero-order chi connectivity index (χ0) is 14.5. The molecule has 1 aromatic carbocycles. The Hall–Kier alpha value is -2.43. The summed E-state index contributed by atoms with van der Waals surface area (Å²) < 4.78 is 16.2. The second-order valence-electron chi connectivity index (χ2n) is 4.47. The average molecular weight is 276 g/mol. The van der Waals surface area contributed by atoms with E-state index in [1.165, 1.54) is 6.08 Å². The zero-order valence-corrected chi connectivity index (χ0v) is 11.2. The smallest absolute Gasteiger partial charge is 0.328 e. The largest absolute Gasteiger partial charge is 0.492 e. The van der Waals surface area contributed by atoms with E-state index in [-0.39, 0.29) is 6.79 Å². The van der Waals surface area contributed by atoms with Crippen molar-refractivity contribution in [2.75, 3.05) is 13.4 Å². The molecular formula is C15H16O5. The molecule has 1 N–H and O–H groups in total. The first-order chi connectivity index (χ1) is 9.56. The van der Waals surface area contributed by atoms with Crippen LogP contribution >= 0.6 is 0 Å². The lowest BCUT2D eigenvalue weighted by molar-refractivity contribution is -0.131. The van der Waals surface area contributed by atoms with E-state index in [1.807, 2.05) is 6.92 Å². The van der Waals surface area contributed by atoms with Gasteiger partial charge in [0.2, 0.25) is 6.79 Å². The lowest BCUT2D eigenvalue weighted by Crippen LogP contribution is -1.99. The average Bonchev–Trinajstić information content (AvgIpc) is 2.82. The van der Waals surface area contributed by atoms with Crippen molar-refractivity contribution in [3.63, 3.8) is 0 Å². The lowest BCUT2D eigenvalue weighted by atomic mass is 10.1. The lowest BCUT2D eigenvalue weighted by Gasteiger charge is -2.10. The van der Waals surface area contributed by atoms with Crippen molar-refractivity contribution >= 4 is 12.0 Å². The second-order valence-corrected chi connectivity index (χ2v) is 4.47. The molecule has 0 saturated heterocycles. The topological polar surface area (TPSA) is 65.0 Å². The summed E-state index contributed by atoms with van der Waals surface area (Å²) in [5.74, 6) is 0.730. The summed E-state index contributed by atoms with van der Waals surface area (Å²) in [6, 6.07) is 3.42. The maximum atomic E-state index is 10.6. The number of benzene rings is 1. The van der Waals surface area contributed by atoms with E-state index in [0.29, 0.717) is 29.4 Å². The van der Waals surface area contributed by atoms with Crippen LogP contribution in [0.3, 0.4) is 0 Å². The van der Waals surface area contributed by atoms with Crippen LogP contribution in [0.5, 0.6) is 17.2 Å². The molecule has 0 unspecified atom stereocenters. The van der Waals surface area contributed by atoms with Crippen LogP contribution in [0.1, 0.15) is 18.9 Å². The van der Waals surface area contributed by atoms with Crippen molar-refractivity contribution in [1.29, 1.82) is 0 Å². The molecule has 0 fully saturated rings. The Bertz CT molecular complexity index is 560. The van der Waals surface area contributed by atoms with Crippen LogP contribution in [-0.4, -0.2) is 24.5 Å². The van der Waals surface area contributed by atoms with Crippen LogP contribution in [0.2, 0.25) is 0 Å². The van der Waals surface area contributed by atoms with Crippen molar-refractivity contribution in [2.45, 2.75) is 13.3 Å². The van der Waals surface area contributed by atoms with Crippen LogP contribution in [0.25, 0.3) is 6.08 Å². The van der Waals surface area contributed by atoms with Gasteiger partial charge in [-0.1, -0.05) is 5.57 Å². The molecule has 0 radical (unpaired) electrons. The van der Waals surface area contributed by atoms with E-state index in [0.717, 1.165) is 18.1 Å². The predicted molar refractivity (Wildman–Crippen MR) is 74.2 cm³/mol. The molecule has 0 spiro atoms. The van der Waals surface area contributed by atoms with E-state index in [9.17, 15) is 4.79 Å². The second kappa shape index (κ2) is 6.14. The number of carboxylic acids is 1. The quantitative estimate of drug-likeness (QED) is 0.639. The van der Waals surface area contributed by atoms with Crippen LogP contribution < -0.4 is 14.2 Å². The molecular weight excluding hydrogens is 260 g/mol. The highest BCUT2D eigenvalue weighted by molar-refractivity contribution is 5.86. The summed E-state index contributed by atoms with van der Waals surface area (Å²) >= 11 is 0. The van der Waals surface area contributed by atoms with Crippen molar-refractivity contribution in [1.82, 2.24) is 0 Å². The number of carboxylic acid groups (broad SMARTS) is 1. The van der Waals surface area contributed by atoms with Gasteiger partial charge in [0.05, 0.1) is 6.61 Å². The summed E-state index contributed by atoms with van der Waals surface area (Å²) in [7, 11) is 0. The standard InChI is InChI=1S/C15H16O5/c1-10(2)5-6-18-12-8-14-13(19-9-20-14)7-11(12)3-4-15(16)17/h3-4,7-8H,1,5-6,9H2,2H3,(H,16,17)/b4-3+. The monoisotopic (exact) mass is 276 g/mol. The van der Waals surface area contributed by atoms with Gasteiger partial charge in [-0.05, 0) is 19.1 Å². The first-order valence-corrected chi connectivity index (χ1v) is 6.18. The third-order valence-electron chi connectivity index (χ3n) is 2.70. The Balaban J connectivity index is 2.22. The molecule has 1 aliphatic heterocycles. The van der Waals surface area contributed by atoms with Crippen molar-refractivity contribution in [3.8, 4) is 17.2 Å². The highest BCUT2D eigenvalue weighted by atomic mass is 16.7. The number of hydrogen-bond acceptors (Lipinski definition) is 4. The minimum absolute atomic E-state index is 0.159. The third-order valence-corrected chi connectivity index (χ3v) is 2.70. The van der Waals surface area contributed by atoms with Crippen LogP contribution in [0, 0.1) is 0 Å². The number of rotatable bonds is 6. The first-order valence-electron chi connectivity index (χ1n) is 6.18. The maximum Gasteiger partial charge on any atom is 0.328 e. The number of hydrogen-bond donors (Lipinski definition) is 1. The van der Waals surface area contributed by atoms with E-state index in [1.54, 1.807) is 12.1 Å². The molecule has 1 heterocycles. The number of carbonyl (C=O) groups is 1. The molecule has 0 saturated carbocycles. The summed E-state index contributed by atoms with van der Waals surface area (Å²) in [6.07, 6.45) is 3.26. The fourth-order valence-electron chi connectivity index (χ4n) is 1.69. The molecule has 0 aliphatic carbocycles. The molecule has 0 atom stereocenters. The highest BCUT2D eigenvalue weighted by Crippen LogP contribution is 2.38. The van der Waals surface area contributed by atoms with Crippen molar-refractivity contribution in [2.24, 2.45) is 0 Å².